The van der Waals surface area contributed by atoms with Crippen LogP contribution in [0.1, 0.15) is 31.9 Å². The molecule has 1 aromatic heterocycles. The van der Waals surface area contributed by atoms with Gasteiger partial charge in [0, 0.05) is 5.39 Å². The van der Waals surface area contributed by atoms with Crippen molar-refractivity contribution in [1.29, 1.82) is 0 Å². The second-order valence-electron chi connectivity index (χ2n) is 5.86. The van der Waals surface area contributed by atoms with Crippen molar-refractivity contribution in [3.63, 3.8) is 0 Å². The van der Waals surface area contributed by atoms with Crippen molar-refractivity contribution in [1.82, 2.24) is 0 Å². The first-order valence-electron chi connectivity index (χ1n) is 8.07. The molecule has 0 fully saturated rings. The minimum Gasteiger partial charge on any atom is -0.463 e. The van der Waals surface area contributed by atoms with Crippen LogP contribution in [0.3, 0.4) is 0 Å². The van der Waals surface area contributed by atoms with Gasteiger partial charge in [-0.15, -0.1) is 0 Å². The lowest BCUT2D eigenvalue weighted by atomic mass is 9.99. The molecule has 0 radical (unpaired) electrons. The van der Waals surface area contributed by atoms with E-state index in [2.05, 4.69) is 0 Å². The van der Waals surface area contributed by atoms with Crippen molar-refractivity contribution in [3.8, 4) is 0 Å². The number of sulfone groups is 1. The Labute approximate surface area is 141 Å². The zero-order chi connectivity index (χ0) is 17.2. The molecule has 1 aliphatic carbocycles. The first-order valence-corrected chi connectivity index (χ1v) is 9.79. The molecule has 0 aliphatic heterocycles. The highest BCUT2D eigenvalue weighted by molar-refractivity contribution is 7.91. The van der Waals surface area contributed by atoms with Crippen LogP contribution in [0, 0.1) is 0 Å². The Hall–Kier alpha value is -2.08. The molecule has 5 nitrogen and oxygen atoms in total. The Morgan fingerprint density at radius 1 is 1.33 bits per heavy atom. The first-order chi connectivity index (χ1) is 11.5. The fraction of sp³-hybridized carbons (Fsp3) is 0.389. The van der Waals surface area contributed by atoms with E-state index in [1.807, 2.05) is 18.2 Å². The number of carbonyl (C=O) groups excluding carboxylic acids is 1. The third kappa shape index (κ3) is 3.38. The van der Waals surface area contributed by atoms with Gasteiger partial charge in [0.1, 0.15) is 17.1 Å². The molecule has 1 unspecified atom stereocenters. The number of para-hydroxylation sites is 1. The predicted molar refractivity (Wildman–Crippen MR) is 91.2 cm³/mol. The molecule has 24 heavy (non-hydrogen) atoms. The number of fused-ring (bicyclic) bond motifs is 1. The van der Waals surface area contributed by atoms with Crippen LogP contribution >= 0.6 is 0 Å². The van der Waals surface area contributed by atoms with E-state index in [9.17, 15) is 13.2 Å². The van der Waals surface area contributed by atoms with Crippen molar-refractivity contribution < 1.29 is 22.4 Å². The largest absolute Gasteiger partial charge is 0.463 e. The van der Waals surface area contributed by atoms with Crippen LogP contribution in [0.5, 0.6) is 0 Å². The highest BCUT2D eigenvalue weighted by atomic mass is 32.2. The molecular weight excluding hydrogens is 328 g/mol. The van der Waals surface area contributed by atoms with Crippen LogP contribution in [-0.2, 0) is 25.1 Å². The van der Waals surface area contributed by atoms with Crippen molar-refractivity contribution in [3.05, 3.63) is 47.7 Å². The average Bonchev–Trinajstić information content (AvgIpc) is 2.96. The van der Waals surface area contributed by atoms with E-state index < -0.39 is 21.1 Å². The summed E-state index contributed by atoms with van der Waals surface area (Å²) in [7, 11) is -3.56. The number of furan rings is 1. The Balaban J connectivity index is 1.86. The summed E-state index contributed by atoms with van der Waals surface area (Å²) in [6.07, 6.45) is 3.58. The molecule has 128 valence electrons. The summed E-state index contributed by atoms with van der Waals surface area (Å²) in [6.45, 7) is 1.94. The fourth-order valence-electron chi connectivity index (χ4n) is 3.06. The van der Waals surface area contributed by atoms with Crippen LogP contribution in [0.2, 0.25) is 0 Å². The zero-order valence-corrected chi connectivity index (χ0v) is 14.3. The number of carbonyl (C=O) groups is 1. The summed E-state index contributed by atoms with van der Waals surface area (Å²) in [5.41, 5.74) is 0.923. The van der Waals surface area contributed by atoms with E-state index in [0.717, 1.165) is 11.8 Å². The topological polar surface area (TPSA) is 73.6 Å². The molecule has 2 aromatic rings. The van der Waals surface area contributed by atoms with E-state index in [-0.39, 0.29) is 17.9 Å². The van der Waals surface area contributed by atoms with Crippen LogP contribution < -0.4 is 0 Å². The summed E-state index contributed by atoms with van der Waals surface area (Å²) >= 11 is 0. The van der Waals surface area contributed by atoms with Crippen molar-refractivity contribution in [2.24, 2.45) is 0 Å². The predicted octanol–water partition coefficient (Wildman–Crippen LogP) is 3.39. The smallest absolute Gasteiger partial charge is 0.335 e. The molecule has 3 rings (SSSR count). The lowest BCUT2D eigenvalue weighted by Gasteiger charge is -2.22. The molecule has 0 N–H and O–H groups in total. The number of hydrogen-bond donors (Lipinski definition) is 0. The quantitative estimate of drug-likeness (QED) is 0.774. The van der Waals surface area contributed by atoms with E-state index in [0.29, 0.717) is 24.2 Å². The highest BCUT2D eigenvalue weighted by Gasteiger charge is 2.35. The van der Waals surface area contributed by atoms with Gasteiger partial charge >= 0.3 is 5.97 Å². The summed E-state index contributed by atoms with van der Waals surface area (Å²) in [4.78, 5) is 12.1. The minimum absolute atomic E-state index is 0.219. The lowest BCUT2D eigenvalue weighted by molar-refractivity contribution is -0.138. The van der Waals surface area contributed by atoms with Gasteiger partial charge in [-0.2, -0.15) is 0 Å². The third-order valence-corrected chi connectivity index (χ3v) is 6.19. The van der Waals surface area contributed by atoms with Gasteiger partial charge in [-0.25, -0.2) is 13.2 Å². The van der Waals surface area contributed by atoms with Gasteiger partial charge < -0.3 is 9.15 Å². The van der Waals surface area contributed by atoms with Crippen LogP contribution in [0.15, 0.2) is 46.4 Å². The van der Waals surface area contributed by atoms with Crippen LogP contribution in [-0.4, -0.2) is 26.2 Å². The number of ether oxygens (including phenoxy) is 1. The van der Waals surface area contributed by atoms with Crippen molar-refractivity contribution in [2.45, 2.75) is 37.2 Å². The maximum Gasteiger partial charge on any atom is 0.335 e. The van der Waals surface area contributed by atoms with Gasteiger partial charge in [0.05, 0.1) is 17.4 Å². The standard InChI is InChI=1S/C18H20O5S/c1-2-22-18(19)15-8-4-6-10-17(15)24(20,21)12-14-11-13-7-3-5-9-16(13)23-14/h3,5,7-9,11,17H,2,4,6,10,12H2,1H3. The zero-order valence-electron chi connectivity index (χ0n) is 13.5. The molecule has 6 heteroatoms. The highest BCUT2D eigenvalue weighted by Crippen LogP contribution is 2.29. The summed E-state index contributed by atoms with van der Waals surface area (Å²) in [5, 5.41) is 0.0472. The molecule has 0 bridgehead atoms. The maximum atomic E-state index is 12.8. The maximum absolute atomic E-state index is 12.8. The van der Waals surface area contributed by atoms with E-state index in [1.54, 1.807) is 25.1 Å². The third-order valence-electron chi connectivity index (χ3n) is 4.15. The molecule has 0 spiro atoms. The molecule has 0 saturated heterocycles. The lowest BCUT2D eigenvalue weighted by Crippen LogP contribution is -2.31. The molecule has 0 amide bonds. The van der Waals surface area contributed by atoms with E-state index in [1.165, 1.54) is 0 Å². The monoisotopic (exact) mass is 348 g/mol. The molecule has 1 atom stereocenters. The molecule has 1 heterocycles. The second kappa shape index (κ2) is 6.81. The van der Waals surface area contributed by atoms with Crippen LogP contribution in [0.4, 0.5) is 0 Å². The SMILES string of the molecule is CCOC(=O)C1=CCCCC1S(=O)(=O)Cc1cc2ccccc2o1. The molecular formula is C18H20O5S. The number of allylic oxidation sites excluding steroid dienone is 1. The molecule has 1 aromatic carbocycles. The van der Waals surface area contributed by atoms with Crippen molar-refractivity contribution >= 4 is 26.8 Å². The molecule has 1 aliphatic rings. The Morgan fingerprint density at radius 3 is 2.88 bits per heavy atom. The first kappa shape index (κ1) is 16.8. The summed E-state index contributed by atoms with van der Waals surface area (Å²) in [6, 6.07) is 9.13. The second-order valence-corrected chi connectivity index (χ2v) is 8.04. The van der Waals surface area contributed by atoms with Gasteiger partial charge in [-0.05, 0) is 38.3 Å². The Bertz CT molecular complexity index is 843. The minimum atomic E-state index is -3.56. The van der Waals surface area contributed by atoms with E-state index >= 15 is 0 Å². The number of rotatable bonds is 5. The summed E-state index contributed by atoms with van der Waals surface area (Å²) in [5.74, 6) is -0.358. The average molecular weight is 348 g/mol. The van der Waals surface area contributed by atoms with Crippen molar-refractivity contribution in [2.75, 3.05) is 6.61 Å². The number of esters is 1. The number of hydrogen-bond acceptors (Lipinski definition) is 5. The normalized spacial score (nSPS) is 18.4. The number of benzene rings is 1. The van der Waals surface area contributed by atoms with Gasteiger partial charge in [-0.3, -0.25) is 0 Å². The fourth-order valence-corrected chi connectivity index (χ4v) is 4.90. The Kier molecular flexibility index (Phi) is 4.76. The molecule has 0 saturated carbocycles. The van der Waals surface area contributed by atoms with Gasteiger partial charge in [0.15, 0.2) is 9.84 Å². The van der Waals surface area contributed by atoms with Gasteiger partial charge in [0.2, 0.25) is 0 Å². The van der Waals surface area contributed by atoms with E-state index in [4.69, 9.17) is 9.15 Å². The summed E-state index contributed by atoms with van der Waals surface area (Å²) < 4.78 is 36.3. The van der Waals surface area contributed by atoms with Gasteiger partial charge in [-0.1, -0.05) is 24.3 Å². The van der Waals surface area contributed by atoms with Crippen LogP contribution in [0.25, 0.3) is 11.0 Å². The Morgan fingerprint density at radius 2 is 2.12 bits per heavy atom. The van der Waals surface area contributed by atoms with Gasteiger partial charge in [0.25, 0.3) is 0 Å².